The number of hydrogen-bond acceptors (Lipinski definition) is 6. The Bertz CT molecular complexity index is 783. The van der Waals surface area contributed by atoms with Crippen molar-refractivity contribution in [1.82, 2.24) is 14.9 Å². The van der Waals surface area contributed by atoms with Gasteiger partial charge in [0.15, 0.2) is 0 Å². The summed E-state index contributed by atoms with van der Waals surface area (Å²) >= 11 is 1.41. The van der Waals surface area contributed by atoms with Crippen molar-refractivity contribution in [3.63, 3.8) is 0 Å². The van der Waals surface area contributed by atoms with Gasteiger partial charge in [0.25, 0.3) is 5.56 Å². The maximum absolute atomic E-state index is 11.7. The van der Waals surface area contributed by atoms with Crippen LogP contribution in [0.25, 0.3) is 0 Å². The maximum Gasteiger partial charge on any atom is 0.348 e. The first-order chi connectivity index (χ1) is 11.5. The maximum atomic E-state index is 11.7. The van der Waals surface area contributed by atoms with Crippen LogP contribution in [0.2, 0.25) is 0 Å². The second-order valence-corrected chi connectivity index (χ2v) is 7.05. The molecule has 3 heterocycles. The zero-order chi connectivity index (χ0) is 17.1. The summed E-state index contributed by atoms with van der Waals surface area (Å²) in [6.45, 7) is 4.50. The highest BCUT2D eigenvalue weighted by molar-refractivity contribution is 7.12. The van der Waals surface area contributed by atoms with Gasteiger partial charge >= 0.3 is 5.97 Å². The summed E-state index contributed by atoms with van der Waals surface area (Å²) in [5, 5.41) is 2.01. The van der Waals surface area contributed by atoms with E-state index in [2.05, 4.69) is 14.9 Å². The van der Waals surface area contributed by atoms with E-state index in [0.29, 0.717) is 10.7 Å². The van der Waals surface area contributed by atoms with Crippen molar-refractivity contribution in [3.8, 4) is 0 Å². The second kappa shape index (κ2) is 7.27. The molecule has 1 atom stereocenters. The zero-order valence-electron chi connectivity index (χ0n) is 13.9. The van der Waals surface area contributed by atoms with E-state index in [1.165, 1.54) is 18.4 Å². The van der Waals surface area contributed by atoms with Crippen molar-refractivity contribution in [2.75, 3.05) is 20.2 Å². The number of ether oxygens (including phenoxy) is 1. The minimum Gasteiger partial charge on any atom is -0.465 e. The summed E-state index contributed by atoms with van der Waals surface area (Å²) in [7, 11) is 1.40. The fourth-order valence-corrected chi connectivity index (χ4v) is 4.00. The molecule has 24 heavy (non-hydrogen) atoms. The Morgan fingerprint density at radius 1 is 1.50 bits per heavy atom. The number of methoxy groups -OCH3 is 1. The average Bonchev–Trinajstić information content (AvgIpc) is 3.02. The first-order valence-corrected chi connectivity index (χ1v) is 8.89. The van der Waals surface area contributed by atoms with Gasteiger partial charge in [0.2, 0.25) is 0 Å². The number of aromatic nitrogens is 2. The number of nitrogens with one attached hydrogen (secondary N) is 1. The van der Waals surface area contributed by atoms with Crippen LogP contribution in [0.3, 0.4) is 0 Å². The van der Waals surface area contributed by atoms with Crippen LogP contribution >= 0.6 is 11.3 Å². The Labute approximate surface area is 144 Å². The fraction of sp³-hybridized carbons (Fsp3) is 0.471. The molecule has 1 unspecified atom stereocenters. The standard InChI is InChI=1S/C17H21N3O3S/c1-11-18-14(7-16(21)19-11)13-4-3-5-20(9-13)8-12-6-15(24-10-12)17(22)23-2/h6-7,10,13H,3-5,8-9H2,1-2H3,(H,18,19,21). The Kier molecular flexibility index (Phi) is 5.11. The molecule has 7 heteroatoms. The predicted octanol–water partition coefficient (Wildman–Crippen LogP) is 2.31. The van der Waals surface area contributed by atoms with E-state index in [1.54, 1.807) is 6.07 Å². The number of rotatable bonds is 4. The summed E-state index contributed by atoms with van der Waals surface area (Å²) in [6, 6.07) is 3.51. The van der Waals surface area contributed by atoms with Crippen LogP contribution in [0.5, 0.6) is 0 Å². The molecule has 0 aliphatic carbocycles. The van der Waals surface area contributed by atoms with Gasteiger partial charge in [-0.05, 0) is 43.3 Å². The number of likely N-dealkylation sites (tertiary alicyclic amines) is 1. The summed E-state index contributed by atoms with van der Waals surface area (Å²) < 4.78 is 4.75. The van der Waals surface area contributed by atoms with Gasteiger partial charge < -0.3 is 9.72 Å². The summed E-state index contributed by atoms with van der Waals surface area (Å²) in [5.41, 5.74) is 1.91. The van der Waals surface area contributed by atoms with Gasteiger partial charge in [0.05, 0.1) is 12.8 Å². The van der Waals surface area contributed by atoms with Gasteiger partial charge in [-0.2, -0.15) is 0 Å². The molecule has 0 aromatic carbocycles. The number of carbonyl (C=O) groups excluding carboxylic acids is 1. The van der Waals surface area contributed by atoms with Gasteiger partial charge in [0.1, 0.15) is 10.7 Å². The van der Waals surface area contributed by atoms with Gasteiger partial charge in [-0.3, -0.25) is 9.69 Å². The molecule has 0 spiro atoms. The number of aromatic amines is 1. The average molecular weight is 347 g/mol. The lowest BCUT2D eigenvalue weighted by Crippen LogP contribution is -2.34. The van der Waals surface area contributed by atoms with Gasteiger partial charge in [-0.1, -0.05) is 0 Å². The van der Waals surface area contributed by atoms with Crippen LogP contribution in [0.1, 0.15) is 45.5 Å². The van der Waals surface area contributed by atoms with E-state index in [0.717, 1.165) is 43.7 Å². The molecule has 3 rings (SSSR count). The number of carbonyl (C=O) groups is 1. The van der Waals surface area contributed by atoms with Crippen molar-refractivity contribution < 1.29 is 9.53 Å². The summed E-state index contributed by atoms with van der Waals surface area (Å²) in [4.78, 5) is 33.4. The molecular formula is C17H21N3O3S. The number of H-pyrrole nitrogens is 1. The molecular weight excluding hydrogens is 326 g/mol. The van der Waals surface area contributed by atoms with Gasteiger partial charge in [-0.25, -0.2) is 9.78 Å². The first kappa shape index (κ1) is 16.9. The second-order valence-electron chi connectivity index (χ2n) is 6.14. The number of esters is 1. The molecule has 0 saturated carbocycles. The number of aryl methyl sites for hydroxylation is 1. The molecule has 0 amide bonds. The summed E-state index contributed by atoms with van der Waals surface area (Å²) in [5.74, 6) is 0.652. The smallest absolute Gasteiger partial charge is 0.348 e. The van der Waals surface area contributed by atoms with Crippen LogP contribution in [-0.4, -0.2) is 41.0 Å². The number of hydrogen-bond donors (Lipinski definition) is 1. The normalized spacial score (nSPS) is 18.5. The topological polar surface area (TPSA) is 75.3 Å². The lowest BCUT2D eigenvalue weighted by atomic mass is 9.94. The van der Waals surface area contributed by atoms with Crippen molar-refractivity contribution in [3.05, 3.63) is 49.8 Å². The Hall–Kier alpha value is -1.99. The van der Waals surface area contributed by atoms with Crippen LogP contribution in [0.15, 0.2) is 22.3 Å². The van der Waals surface area contributed by atoms with E-state index >= 15 is 0 Å². The Morgan fingerprint density at radius 2 is 2.33 bits per heavy atom. The molecule has 2 aromatic heterocycles. The van der Waals surface area contributed by atoms with Crippen molar-refractivity contribution in [2.45, 2.75) is 32.2 Å². The van der Waals surface area contributed by atoms with E-state index in [9.17, 15) is 9.59 Å². The van der Waals surface area contributed by atoms with Crippen molar-refractivity contribution >= 4 is 17.3 Å². The molecule has 1 fully saturated rings. The molecule has 1 aliphatic heterocycles. The Morgan fingerprint density at radius 3 is 3.08 bits per heavy atom. The van der Waals surface area contributed by atoms with Gasteiger partial charge in [-0.15, -0.1) is 11.3 Å². The molecule has 1 saturated heterocycles. The number of piperidine rings is 1. The molecule has 128 valence electrons. The first-order valence-electron chi connectivity index (χ1n) is 8.01. The van der Waals surface area contributed by atoms with Crippen molar-refractivity contribution in [1.29, 1.82) is 0 Å². The van der Waals surface area contributed by atoms with E-state index in [1.807, 2.05) is 18.4 Å². The van der Waals surface area contributed by atoms with Crippen molar-refractivity contribution in [2.24, 2.45) is 0 Å². The quantitative estimate of drug-likeness (QED) is 0.859. The fourth-order valence-electron chi connectivity index (χ4n) is 3.18. The zero-order valence-corrected chi connectivity index (χ0v) is 14.7. The highest BCUT2D eigenvalue weighted by Gasteiger charge is 2.23. The molecule has 2 aromatic rings. The molecule has 1 N–H and O–H groups in total. The van der Waals surface area contributed by atoms with Crippen LogP contribution in [-0.2, 0) is 11.3 Å². The molecule has 1 aliphatic rings. The monoisotopic (exact) mass is 347 g/mol. The minimum absolute atomic E-state index is 0.0878. The third-order valence-corrected chi connectivity index (χ3v) is 5.21. The molecule has 0 bridgehead atoms. The number of nitrogens with zero attached hydrogens (tertiary/aromatic N) is 2. The van der Waals surface area contributed by atoms with Crippen LogP contribution < -0.4 is 5.56 Å². The highest BCUT2D eigenvalue weighted by Crippen LogP contribution is 2.27. The van der Waals surface area contributed by atoms with E-state index in [4.69, 9.17) is 4.74 Å². The predicted molar refractivity (Wildman–Crippen MR) is 92.5 cm³/mol. The third-order valence-electron chi connectivity index (χ3n) is 4.25. The SMILES string of the molecule is COC(=O)c1cc(CN2CCCC(c3cc(=O)[nH]c(C)n3)C2)cs1. The Balaban J connectivity index is 1.68. The van der Waals surface area contributed by atoms with Crippen LogP contribution in [0.4, 0.5) is 0 Å². The largest absolute Gasteiger partial charge is 0.465 e. The van der Waals surface area contributed by atoms with Crippen LogP contribution in [0, 0.1) is 6.92 Å². The highest BCUT2D eigenvalue weighted by atomic mass is 32.1. The third kappa shape index (κ3) is 3.91. The van der Waals surface area contributed by atoms with E-state index < -0.39 is 0 Å². The molecule has 0 radical (unpaired) electrons. The lowest BCUT2D eigenvalue weighted by molar-refractivity contribution is 0.0606. The summed E-state index contributed by atoms with van der Waals surface area (Å²) in [6.07, 6.45) is 2.12. The molecule has 6 nitrogen and oxygen atoms in total. The number of thiophene rings is 1. The van der Waals surface area contributed by atoms with E-state index in [-0.39, 0.29) is 17.4 Å². The minimum atomic E-state index is -0.286. The lowest BCUT2D eigenvalue weighted by Gasteiger charge is -2.32. The van der Waals surface area contributed by atoms with Gasteiger partial charge in [0, 0.05) is 25.1 Å².